The summed E-state index contributed by atoms with van der Waals surface area (Å²) in [7, 11) is -3.85. The molecular formula is C13H8F2N2O2S2. The van der Waals surface area contributed by atoms with Crippen LogP contribution in [0.15, 0.2) is 47.4 Å². The van der Waals surface area contributed by atoms with Crippen molar-refractivity contribution in [1.29, 1.82) is 0 Å². The van der Waals surface area contributed by atoms with Crippen LogP contribution in [0.3, 0.4) is 0 Å². The standard InChI is InChI=1S/C13H8F2N2O2S2/c14-8-1-4-10(5-2-8)21(18,19)17-13-16-11-6-3-9(15)7-12(11)20-13/h1-7H,(H,16,17). The Morgan fingerprint density at radius 1 is 1.00 bits per heavy atom. The summed E-state index contributed by atoms with van der Waals surface area (Å²) in [6.45, 7) is 0. The molecule has 8 heteroatoms. The van der Waals surface area contributed by atoms with Gasteiger partial charge in [0.1, 0.15) is 11.6 Å². The number of rotatable bonds is 3. The summed E-state index contributed by atoms with van der Waals surface area (Å²) in [6, 6.07) is 8.43. The number of aromatic nitrogens is 1. The van der Waals surface area contributed by atoms with E-state index < -0.39 is 21.7 Å². The Morgan fingerprint density at radius 2 is 1.67 bits per heavy atom. The number of sulfonamides is 1. The van der Waals surface area contributed by atoms with Crippen LogP contribution in [0.4, 0.5) is 13.9 Å². The highest BCUT2D eigenvalue weighted by Crippen LogP contribution is 2.28. The second-order valence-electron chi connectivity index (χ2n) is 4.19. The van der Waals surface area contributed by atoms with E-state index in [-0.39, 0.29) is 10.0 Å². The molecule has 1 heterocycles. The van der Waals surface area contributed by atoms with Gasteiger partial charge in [0.05, 0.1) is 15.1 Å². The van der Waals surface area contributed by atoms with Gasteiger partial charge in [-0.25, -0.2) is 22.2 Å². The third-order valence-corrected chi connectivity index (χ3v) is 5.11. The molecule has 0 fully saturated rings. The molecule has 3 rings (SSSR count). The van der Waals surface area contributed by atoms with E-state index in [1.54, 1.807) is 0 Å². The van der Waals surface area contributed by atoms with Gasteiger partial charge in [-0.1, -0.05) is 11.3 Å². The maximum absolute atomic E-state index is 13.1. The summed E-state index contributed by atoms with van der Waals surface area (Å²) < 4.78 is 53.0. The van der Waals surface area contributed by atoms with Gasteiger partial charge in [0, 0.05) is 0 Å². The minimum atomic E-state index is -3.85. The number of nitrogens with one attached hydrogen (secondary N) is 1. The average Bonchev–Trinajstić information content (AvgIpc) is 2.79. The molecule has 108 valence electrons. The number of thiazole rings is 1. The smallest absolute Gasteiger partial charge is 0.255 e. The molecule has 0 bridgehead atoms. The van der Waals surface area contributed by atoms with Crippen molar-refractivity contribution in [3.63, 3.8) is 0 Å². The molecule has 0 aliphatic carbocycles. The summed E-state index contributed by atoms with van der Waals surface area (Å²) in [6.07, 6.45) is 0. The van der Waals surface area contributed by atoms with E-state index in [9.17, 15) is 17.2 Å². The largest absolute Gasteiger partial charge is 0.263 e. The Morgan fingerprint density at radius 3 is 2.38 bits per heavy atom. The zero-order chi connectivity index (χ0) is 15.0. The molecule has 0 aliphatic rings. The predicted octanol–water partition coefficient (Wildman–Crippen LogP) is 3.38. The van der Waals surface area contributed by atoms with Crippen molar-refractivity contribution >= 4 is 36.7 Å². The zero-order valence-electron chi connectivity index (χ0n) is 10.4. The summed E-state index contributed by atoms with van der Waals surface area (Å²) in [4.78, 5) is 3.99. The van der Waals surface area contributed by atoms with Gasteiger partial charge in [0.25, 0.3) is 10.0 Å². The Bertz CT molecular complexity index is 906. The Balaban J connectivity index is 1.95. The predicted molar refractivity (Wildman–Crippen MR) is 76.8 cm³/mol. The Labute approximate surface area is 123 Å². The number of benzene rings is 2. The fourth-order valence-electron chi connectivity index (χ4n) is 1.73. The molecule has 1 N–H and O–H groups in total. The lowest BCUT2D eigenvalue weighted by Crippen LogP contribution is -2.12. The molecule has 0 aliphatic heterocycles. The van der Waals surface area contributed by atoms with Crippen LogP contribution in [-0.4, -0.2) is 13.4 Å². The Kier molecular flexibility index (Phi) is 3.34. The minimum Gasteiger partial charge on any atom is -0.255 e. The van der Waals surface area contributed by atoms with Gasteiger partial charge in [-0.2, -0.15) is 0 Å². The van der Waals surface area contributed by atoms with E-state index in [0.717, 1.165) is 35.6 Å². The number of nitrogens with zero attached hydrogens (tertiary/aromatic N) is 1. The van der Waals surface area contributed by atoms with E-state index in [1.165, 1.54) is 18.2 Å². The SMILES string of the molecule is O=S(=O)(Nc1nc2ccc(F)cc2s1)c1ccc(F)cc1. The van der Waals surface area contributed by atoms with Crippen LogP contribution in [0.5, 0.6) is 0 Å². The van der Waals surface area contributed by atoms with Crippen molar-refractivity contribution in [3.05, 3.63) is 54.1 Å². The Hall–Kier alpha value is -2.06. The van der Waals surface area contributed by atoms with Gasteiger partial charge in [-0.05, 0) is 42.5 Å². The first-order valence-corrected chi connectivity index (χ1v) is 8.08. The summed E-state index contributed by atoms with van der Waals surface area (Å²) in [5.41, 5.74) is 0.498. The number of halogens is 2. The van der Waals surface area contributed by atoms with Gasteiger partial charge in [-0.3, -0.25) is 4.72 Å². The number of anilines is 1. The monoisotopic (exact) mass is 326 g/mol. The number of hydrogen-bond acceptors (Lipinski definition) is 4. The van der Waals surface area contributed by atoms with Crippen LogP contribution in [0.25, 0.3) is 10.2 Å². The average molecular weight is 326 g/mol. The number of hydrogen-bond donors (Lipinski definition) is 1. The van der Waals surface area contributed by atoms with E-state index >= 15 is 0 Å². The molecule has 0 spiro atoms. The highest BCUT2D eigenvalue weighted by atomic mass is 32.2. The fraction of sp³-hybridized carbons (Fsp3) is 0. The van der Waals surface area contributed by atoms with E-state index in [1.807, 2.05) is 0 Å². The van der Waals surface area contributed by atoms with E-state index in [2.05, 4.69) is 9.71 Å². The van der Waals surface area contributed by atoms with Crippen LogP contribution < -0.4 is 4.72 Å². The quantitative estimate of drug-likeness (QED) is 0.803. The van der Waals surface area contributed by atoms with E-state index in [0.29, 0.717) is 10.2 Å². The van der Waals surface area contributed by atoms with Crippen molar-refractivity contribution in [1.82, 2.24) is 4.98 Å². The van der Waals surface area contributed by atoms with Crippen LogP contribution in [0.1, 0.15) is 0 Å². The van der Waals surface area contributed by atoms with Crippen LogP contribution in [-0.2, 0) is 10.0 Å². The first-order valence-electron chi connectivity index (χ1n) is 5.78. The normalized spacial score (nSPS) is 11.7. The molecule has 0 radical (unpaired) electrons. The van der Waals surface area contributed by atoms with Crippen molar-refractivity contribution in [3.8, 4) is 0 Å². The third kappa shape index (κ3) is 2.86. The molecule has 0 saturated heterocycles. The van der Waals surface area contributed by atoms with Crippen molar-refractivity contribution in [2.75, 3.05) is 4.72 Å². The third-order valence-electron chi connectivity index (χ3n) is 2.70. The zero-order valence-corrected chi connectivity index (χ0v) is 12.0. The molecule has 1 aromatic heterocycles. The van der Waals surface area contributed by atoms with Crippen LogP contribution >= 0.6 is 11.3 Å². The van der Waals surface area contributed by atoms with Crippen molar-refractivity contribution in [2.24, 2.45) is 0 Å². The molecule has 3 aromatic rings. The topological polar surface area (TPSA) is 59.1 Å². The maximum atomic E-state index is 13.1. The van der Waals surface area contributed by atoms with Gasteiger partial charge in [0.15, 0.2) is 5.13 Å². The second-order valence-corrected chi connectivity index (χ2v) is 6.90. The second kappa shape index (κ2) is 5.05. The van der Waals surface area contributed by atoms with Gasteiger partial charge < -0.3 is 0 Å². The lowest BCUT2D eigenvalue weighted by atomic mass is 10.3. The highest BCUT2D eigenvalue weighted by molar-refractivity contribution is 7.93. The van der Waals surface area contributed by atoms with Gasteiger partial charge >= 0.3 is 0 Å². The lowest BCUT2D eigenvalue weighted by Gasteiger charge is -2.04. The lowest BCUT2D eigenvalue weighted by molar-refractivity contribution is 0.599. The molecular weight excluding hydrogens is 318 g/mol. The van der Waals surface area contributed by atoms with Crippen molar-refractivity contribution in [2.45, 2.75) is 4.90 Å². The molecule has 2 aromatic carbocycles. The summed E-state index contributed by atoms with van der Waals surface area (Å²) in [5.74, 6) is -0.941. The van der Waals surface area contributed by atoms with E-state index in [4.69, 9.17) is 0 Å². The first kappa shape index (κ1) is 13.9. The summed E-state index contributed by atoms with van der Waals surface area (Å²) >= 11 is 1.02. The molecule has 0 unspecified atom stereocenters. The molecule has 0 saturated carbocycles. The molecule has 0 amide bonds. The van der Waals surface area contributed by atoms with Crippen LogP contribution in [0, 0.1) is 11.6 Å². The molecule has 0 atom stereocenters. The number of fused-ring (bicyclic) bond motifs is 1. The fourth-order valence-corrected chi connectivity index (χ4v) is 3.86. The highest BCUT2D eigenvalue weighted by Gasteiger charge is 2.16. The molecule has 21 heavy (non-hydrogen) atoms. The first-order chi connectivity index (χ1) is 9.94. The summed E-state index contributed by atoms with van der Waals surface area (Å²) in [5, 5.41) is 0.125. The van der Waals surface area contributed by atoms with Crippen molar-refractivity contribution < 1.29 is 17.2 Å². The van der Waals surface area contributed by atoms with Gasteiger partial charge in [0.2, 0.25) is 0 Å². The van der Waals surface area contributed by atoms with Gasteiger partial charge in [-0.15, -0.1) is 0 Å². The molecule has 4 nitrogen and oxygen atoms in total. The minimum absolute atomic E-state index is 0.0747. The maximum Gasteiger partial charge on any atom is 0.263 e. The van der Waals surface area contributed by atoms with Crippen LogP contribution in [0.2, 0.25) is 0 Å².